The average molecular weight is 1290 g/mol. The van der Waals surface area contributed by atoms with Crippen molar-refractivity contribution in [3.8, 4) is 22.6 Å². The van der Waals surface area contributed by atoms with Crippen LogP contribution < -0.4 is 9.47 Å². The summed E-state index contributed by atoms with van der Waals surface area (Å²) in [5, 5.41) is 0. The van der Waals surface area contributed by atoms with Crippen LogP contribution in [0.5, 0.6) is 11.5 Å². The zero-order chi connectivity index (χ0) is 67.4. The Balaban J connectivity index is 1.22. The van der Waals surface area contributed by atoms with Crippen molar-refractivity contribution >= 4 is 36.0 Å². The van der Waals surface area contributed by atoms with Gasteiger partial charge in [-0.05, 0) is 174 Å². The third-order valence-corrected chi connectivity index (χ3v) is 15.9. The first-order valence-electron chi connectivity index (χ1n) is 33.0. The largest absolute Gasteiger partial charge is 0.493 e. The number of hydrogen-bond donors (Lipinski definition) is 0. The van der Waals surface area contributed by atoms with E-state index < -0.39 is 46.2 Å². The minimum Gasteiger partial charge on any atom is -0.493 e. The van der Waals surface area contributed by atoms with Crippen LogP contribution in [0.2, 0.25) is 0 Å². The van der Waals surface area contributed by atoms with Crippen LogP contribution in [0.4, 0.5) is 13.2 Å². The molecule has 3 aliphatic rings. The zero-order valence-electron chi connectivity index (χ0n) is 57.7. The predicted molar refractivity (Wildman–Crippen MR) is 353 cm³/mol. The number of alkyl halides is 3. The van der Waals surface area contributed by atoms with E-state index >= 15 is 13.2 Å². The maximum Gasteiger partial charge on any atom is 0.417 e. The molecule has 0 spiro atoms. The molecule has 3 aromatic carbocycles. The first-order valence-corrected chi connectivity index (χ1v) is 33.0. The van der Waals surface area contributed by atoms with E-state index in [1.165, 1.54) is 12.1 Å². The SMILES string of the molecule is Cc1c(/C=C/c2cc(OCCOCCN3CCN(CC(=O)OC(C)(C)C)CCN(CC(=O)OC(C)(C)C)CCN(CC(=O)OC(C)(C)C)CC3)c(CN3CCCC[C@H]3C(=O)OC(C)(C)C)cc2C(F)(F)F)cccc1-c1cccc(OCCCN2CCOCC2)c1C. The van der Waals surface area contributed by atoms with Gasteiger partial charge in [0.2, 0.25) is 0 Å². The molecule has 3 saturated heterocycles. The van der Waals surface area contributed by atoms with Crippen LogP contribution in [0.3, 0.4) is 0 Å². The molecule has 92 heavy (non-hydrogen) atoms. The lowest BCUT2D eigenvalue weighted by molar-refractivity contribution is -0.163. The smallest absolute Gasteiger partial charge is 0.417 e. The standard InChI is InChI=1S/C71H107F3N6O12/c1-52-54(20-17-21-57(52)58-22-18-24-61(53(58)2)87-40-19-27-75-37-41-85-42-38-75)25-26-55-47-62(56(46-59(55)71(72,73)74)48-80-28-16-15-23-60(80)66(84)92-70(12,13)14)88-45-44-86-43-39-76-29-31-77(49-63(81)89-67(3,4)5)33-35-79(51-65(83)91-69(9,10)11)36-34-78(32-30-76)50-64(82)90-68(6,7)8/h17-18,20-22,24-26,46-47,60H,15-16,19,23,27-45,48-51H2,1-14H3/b26-25+/t60-/m0/s1. The molecule has 1 atom stereocenters. The first-order chi connectivity index (χ1) is 43.2. The van der Waals surface area contributed by atoms with Crippen LogP contribution in [-0.4, -0.2) is 226 Å². The van der Waals surface area contributed by atoms with Gasteiger partial charge in [-0.25, -0.2) is 0 Å². The quantitative estimate of drug-likeness (QED) is 0.0360. The number of nitrogens with zero attached hydrogens (tertiary/aromatic N) is 6. The number of hydrogen-bond acceptors (Lipinski definition) is 18. The van der Waals surface area contributed by atoms with Crippen molar-refractivity contribution in [3.05, 3.63) is 81.9 Å². The van der Waals surface area contributed by atoms with Crippen molar-refractivity contribution in [2.75, 3.05) is 144 Å². The molecule has 0 unspecified atom stereocenters. The summed E-state index contributed by atoms with van der Waals surface area (Å²) >= 11 is 0. The molecule has 0 N–H and O–H groups in total. The number of esters is 4. The molecule has 3 heterocycles. The summed E-state index contributed by atoms with van der Waals surface area (Å²) < 4.78 is 94.0. The number of halogens is 3. The summed E-state index contributed by atoms with van der Waals surface area (Å²) in [7, 11) is 0. The number of carbonyl (C=O) groups excluding carboxylic acids is 4. The summed E-state index contributed by atoms with van der Waals surface area (Å²) in [5.74, 6) is -0.511. The van der Waals surface area contributed by atoms with Gasteiger partial charge in [0, 0.05) is 90.6 Å². The molecule has 0 aliphatic carbocycles. The fourth-order valence-electron chi connectivity index (χ4n) is 11.4. The van der Waals surface area contributed by atoms with E-state index in [0.29, 0.717) is 78.5 Å². The molecule has 0 radical (unpaired) electrons. The number of benzene rings is 3. The average Bonchev–Trinajstić information content (AvgIpc) is 2.28. The number of likely N-dealkylation sites (tertiary alicyclic amines) is 1. The Labute approximate surface area is 546 Å². The monoisotopic (exact) mass is 1290 g/mol. The third-order valence-electron chi connectivity index (χ3n) is 15.9. The van der Waals surface area contributed by atoms with Crippen molar-refractivity contribution in [2.45, 2.75) is 164 Å². The Morgan fingerprint density at radius 2 is 1.01 bits per heavy atom. The maximum atomic E-state index is 15.5. The number of piperidine rings is 1. The van der Waals surface area contributed by atoms with Gasteiger partial charge in [0.1, 0.15) is 46.6 Å². The molecule has 3 fully saturated rings. The summed E-state index contributed by atoms with van der Waals surface area (Å²) in [6.45, 7) is 35.7. The second-order valence-corrected chi connectivity index (χ2v) is 28.4. The van der Waals surface area contributed by atoms with Gasteiger partial charge in [-0.15, -0.1) is 0 Å². The van der Waals surface area contributed by atoms with Gasteiger partial charge < -0.3 is 37.9 Å². The molecule has 18 nitrogen and oxygen atoms in total. The van der Waals surface area contributed by atoms with Crippen molar-refractivity contribution in [3.63, 3.8) is 0 Å². The molecule has 0 bridgehead atoms. The predicted octanol–water partition coefficient (Wildman–Crippen LogP) is 10.6. The van der Waals surface area contributed by atoms with Gasteiger partial charge in [-0.3, -0.25) is 48.6 Å². The third kappa shape index (κ3) is 26.6. The number of carbonyl (C=O) groups is 4. The number of ether oxygens (including phenoxy) is 8. The molecular formula is C71H107F3N6O12. The number of morpholine rings is 1. The Kier molecular flexibility index (Phi) is 28.4. The Morgan fingerprint density at radius 3 is 1.54 bits per heavy atom. The lowest BCUT2D eigenvalue weighted by Crippen LogP contribution is -2.49. The van der Waals surface area contributed by atoms with Gasteiger partial charge in [-0.2, -0.15) is 13.2 Å². The molecule has 21 heteroatoms. The highest BCUT2D eigenvalue weighted by atomic mass is 19.4. The van der Waals surface area contributed by atoms with Crippen LogP contribution >= 0.6 is 0 Å². The highest BCUT2D eigenvalue weighted by Gasteiger charge is 2.37. The van der Waals surface area contributed by atoms with Gasteiger partial charge in [0.25, 0.3) is 0 Å². The Bertz CT molecular complexity index is 2840. The summed E-state index contributed by atoms with van der Waals surface area (Å²) in [6, 6.07) is 13.7. The van der Waals surface area contributed by atoms with Crippen LogP contribution in [0.25, 0.3) is 23.3 Å². The van der Waals surface area contributed by atoms with Crippen LogP contribution in [0, 0.1) is 13.8 Å². The Hall–Kier alpha value is -5.65. The van der Waals surface area contributed by atoms with E-state index in [2.05, 4.69) is 9.80 Å². The molecule has 514 valence electrons. The molecule has 0 saturated carbocycles. The minimum absolute atomic E-state index is 0.00129. The van der Waals surface area contributed by atoms with Crippen molar-refractivity contribution in [1.82, 2.24) is 29.4 Å². The van der Waals surface area contributed by atoms with Gasteiger partial charge in [0.05, 0.1) is 58.2 Å². The Morgan fingerprint density at radius 1 is 0.522 bits per heavy atom. The van der Waals surface area contributed by atoms with Crippen molar-refractivity contribution in [1.29, 1.82) is 0 Å². The summed E-state index contributed by atoms with van der Waals surface area (Å²) in [4.78, 5) is 66.0. The lowest BCUT2D eigenvalue weighted by Gasteiger charge is -2.36. The fourth-order valence-corrected chi connectivity index (χ4v) is 11.4. The molecule has 6 rings (SSSR count). The van der Waals surface area contributed by atoms with E-state index in [-0.39, 0.29) is 80.8 Å². The van der Waals surface area contributed by atoms with E-state index in [1.54, 1.807) is 26.8 Å². The number of rotatable bonds is 24. The van der Waals surface area contributed by atoms with E-state index in [0.717, 1.165) is 91.7 Å². The highest BCUT2D eigenvalue weighted by molar-refractivity contribution is 5.81. The normalized spacial score (nSPS) is 18.2. The summed E-state index contributed by atoms with van der Waals surface area (Å²) in [5.41, 5.74) is 1.05. The second-order valence-electron chi connectivity index (χ2n) is 28.4. The molecule has 3 aromatic rings. The summed E-state index contributed by atoms with van der Waals surface area (Å²) in [6.07, 6.45) is 1.38. The topological polar surface area (TPSA) is 162 Å². The van der Waals surface area contributed by atoms with Crippen LogP contribution in [-0.2, 0) is 60.3 Å². The van der Waals surface area contributed by atoms with Gasteiger partial charge >= 0.3 is 30.1 Å². The molecule has 3 aliphatic heterocycles. The fraction of sp³-hybridized carbons (Fsp3) is 0.662. The van der Waals surface area contributed by atoms with Gasteiger partial charge in [-0.1, -0.05) is 48.9 Å². The van der Waals surface area contributed by atoms with Crippen LogP contribution in [0.15, 0.2) is 48.5 Å². The molecule has 0 amide bonds. The van der Waals surface area contributed by atoms with Crippen molar-refractivity contribution < 1.29 is 70.2 Å². The highest BCUT2D eigenvalue weighted by Crippen LogP contribution is 2.39. The molecular weight excluding hydrogens is 1190 g/mol. The van der Waals surface area contributed by atoms with Crippen molar-refractivity contribution in [2.24, 2.45) is 0 Å². The van der Waals surface area contributed by atoms with Crippen LogP contribution in [0.1, 0.15) is 142 Å². The van der Waals surface area contributed by atoms with E-state index in [4.69, 9.17) is 37.9 Å². The van der Waals surface area contributed by atoms with E-state index in [9.17, 15) is 19.2 Å². The molecule has 0 aromatic heterocycles. The zero-order valence-corrected chi connectivity index (χ0v) is 57.7. The van der Waals surface area contributed by atoms with Gasteiger partial charge in [0.15, 0.2) is 0 Å². The first kappa shape index (κ1) is 75.4. The van der Waals surface area contributed by atoms with E-state index in [1.807, 2.05) is 132 Å². The second kappa shape index (κ2) is 34.7. The lowest BCUT2D eigenvalue weighted by atomic mass is 9.92. The maximum absolute atomic E-state index is 15.5. The minimum atomic E-state index is -4.75.